The van der Waals surface area contributed by atoms with E-state index in [-0.39, 0.29) is 11.3 Å². The SMILES string of the molecule is COc1ccc(/C=C/C(=O)Nc2ccnc(C(C)(C)C)c2)cc1. The van der Waals surface area contributed by atoms with Crippen molar-refractivity contribution in [3.8, 4) is 5.75 Å². The molecule has 0 bridgehead atoms. The smallest absolute Gasteiger partial charge is 0.248 e. The zero-order chi connectivity index (χ0) is 16.9. The Morgan fingerprint density at radius 2 is 1.87 bits per heavy atom. The number of nitrogens with one attached hydrogen (secondary N) is 1. The van der Waals surface area contributed by atoms with Gasteiger partial charge in [-0.05, 0) is 35.9 Å². The molecular formula is C19H22N2O2. The third-order valence-corrected chi connectivity index (χ3v) is 3.34. The number of hydrogen-bond acceptors (Lipinski definition) is 3. The largest absolute Gasteiger partial charge is 0.497 e. The molecule has 2 aromatic rings. The van der Waals surface area contributed by atoms with E-state index in [1.165, 1.54) is 6.08 Å². The summed E-state index contributed by atoms with van der Waals surface area (Å²) in [5, 5.41) is 2.86. The molecule has 4 heteroatoms. The molecule has 4 nitrogen and oxygen atoms in total. The lowest BCUT2D eigenvalue weighted by Gasteiger charge is -2.18. The molecule has 0 aliphatic rings. The van der Waals surface area contributed by atoms with Crippen molar-refractivity contribution in [2.24, 2.45) is 0 Å². The molecule has 1 aromatic carbocycles. The van der Waals surface area contributed by atoms with Gasteiger partial charge in [0, 0.05) is 29.1 Å². The van der Waals surface area contributed by atoms with Crippen LogP contribution in [0.4, 0.5) is 5.69 Å². The summed E-state index contributed by atoms with van der Waals surface area (Å²) < 4.78 is 5.10. The van der Waals surface area contributed by atoms with E-state index in [1.807, 2.05) is 30.3 Å². The highest BCUT2D eigenvalue weighted by Crippen LogP contribution is 2.22. The molecule has 1 heterocycles. The van der Waals surface area contributed by atoms with Crippen LogP contribution in [0.1, 0.15) is 32.0 Å². The van der Waals surface area contributed by atoms with Crippen LogP contribution in [0.25, 0.3) is 6.08 Å². The second-order valence-corrected chi connectivity index (χ2v) is 6.28. The van der Waals surface area contributed by atoms with Crippen LogP contribution in [0, 0.1) is 0 Å². The van der Waals surface area contributed by atoms with Crippen molar-refractivity contribution in [3.05, 3.63) is 59.9 Å². The van der Waals surface area contributed by atoms with Gasteiger partial charge in [-0.25, -0.2) is 0 Å². The summed E-state index contributed by atoms with van der Waals surface area (Å²) in [6.07, 6.45) is 4.99. The summed E-state index contributed by atoms with van der Waals surface area (Å²) in [5.74, 6) is 0.616. The van der Waals surface area contributed by atoms with Crippen LogP contribution in [0.2, 0.25) is 0 Å². The number of hydrogen-bond donors (Lipinski definition) is 1. The minimum Gasteiger partial charge on any atom is -0.497 e. The van der Waals surface area contributed by atoms with Crippen LogP contribution in [0.3, 0.4) is 0 Å². The first-order valence-corrected chi connectivity index (χ1v) is 7.48. The van der Waals surface area contributed by atoms with Gasteiger partial charge in [-0.2, -0.15) is 0 Å². The van der Waals surface area contributed by atoms with Crippen molar-refractivity contribution in [2.45, 2.75) is 26.2 Å². The third-order valence-electron chi connectivity index (χ3n) is 3.34. The van der Waals surface area contributed by atoms with Crippen LogP contribution >= 0.6 is 0 Å². The number of amides is 1. The number of benzene rings is 1. The summed E-state index contributed by atoms with van der Waals surface area (Å²) >= 11 is 0. The van der Waals surface area contributed by atoms with E-state index in [9.17, 15) is 4.79 Å². The van der Waals surface area contributed by atoms with Gasteiger partial charge in [-0.1, -0.05) is 32.9 Å². The Bertz CT molecular complexity index is 698. The highest BCUT2D eigenvalue weighted by Gasteiger charge is 2.15. The summed E-state index contributed by atoms with van der Waals surface area (Å²) in [4.78, 5) is 16.4. The van der Waals surface area contributed by atoms with Crippen LogP contribution in [-0.2, 0) is 10.2 Å². The summed E-state index contributed by atoms with van der Waals surface area (Å²) in [5.41, 5.74) is 2.56. The van der Waals surface area contributed by atoms with Gasteiger partial charge in [0.1, 0.15) is 5.75 Å². The maximum atomic E-state index is 12.0. The monoisotopic (exact) mass is 310 g/mol. The Balaban J connectivity index is 2.03. The second kappa shape index (κ2) is 7.09. The number of ether oxygens (including phenoxy) is 1. The van der Waals surface area contributed by atoms with Crippen LogP contribution in [-0.4, -0.2) is 18.0 Å². The second-order valence-electron chi connectivity index (χ2n) is 6.28. The minimum absolute atomic E-state index is 0.0559. The van der Waals surface area contributed by atoms with E-state index < -0.39 is 0 Å². The fraction of sp³-hybridized carbons (Fsp3) is 0.263. The average molecular weight is 310 g/mol. The Morgan fingerprint density at radius 1 is 1.17 bits per heavy atom. The lowest BCUT2D eigenvalue weighted by Crippen LogP contribution is -2.15. The van der Waals surface area contributed by atoms with E-state index in [4.69, 9.17) is 4.74 Å². The molecule has 1 amide bonds. The normalized spacial score (nSPS) is 11.5. The predicted octanol–water partition coefficient (Wildman–Crippen LogP) is 4.04. The Morgan fingerprint density at radius 3 is 2.48 bits per heavy atom. The summed E-state index contributed by atoms with van der Waals surface area (Å²) in [7, 11) is 1.62. The molecule has 0 saturated carbocycles. The Hall–Kier alpha value is -2.62. The first kappa shape index (κ1) is 16.7. The fourth-order valence-corrected chi connectivity index (χ4v) is 1.99. The van der Waals surface area contributed by atoms with E-state index in [0.717, 1.165) is 22.7 Å². The molecule has 2 rings (SSSR count). The zero-order valence-electron chi connectivity index (χ0n) is 14.0. The highest BCUT2D eigenvalue weighted by atomic mass is 16.5. The topological polar surface area (TPSA) is 51.2 Å². The molecule has 0 fully saturated rings. The van der Waals surface area contributed by atoms with Crippen molar-refractivity contribution in [2.75, 3.05) is 12.4 Å². The standard InChI is InChI=1S/C19H22N2O2/c1-19(2,3)17-13-15(11-12-20-17)21-18(22)10-7-14-5-8-16(23-4)9-6-14/h5-13H,1-4H3,(H,20,21,22)/b10-7+. The van der Waals surface area contributed by atoms with Gasteiger partial charge in [0.25, 0.3) is 0 Å². The minimum atomic E-state index is -0.174. The quantitative estimate of drug-likeness (QED) is 0.867. The van der Waals surface area contributed by atoms with Gasteiger partial charge in [0.2, 0.25) is 5.91 Å². The van der Waals surface area contributed by atoms with Crippen LogP contribution < -0.4 is 10.1 Å². The third kappa shape index (κ3) is 4.95. The van der Waals surface area contributed by atoms with E-state index in [1.54, 1.807) is 25.4 Å². The Labute approximate surface area is 137 Å². The lowest BCUT2D eigenvalue weighted by molar-refractivity contribution is -0.111. The number of aromatic nitrogens is 1. The molecule has 1 aromatic heterocycles. The molecule has 0 radical (unpaired) electrons. The van der Waals surface area contributed by atoms with E-state index >= 15 is 0 Å². The van der Waals surface area contributed by atoms with Crippen LogP contribution in [0.5, 0.6) is 5.75 Å². The van der Waals surface area contributed by atoms with E-state index in [2.05, 4.69) is 31.1 Å². The maximum Gasteiger partial charge on any atom is 0.248 e. The first-order valence-electron chi connectivity index (χ1n) is 7.48. The molecule has 0 saturated heterocycles. The highest BCUT2D eigenvalue weighted by molar-refractivity contribution is 6.01. The molecule has 0 aliphatic heterocycles. The lowest BCUT2D eigenvalue weighted by atomic mass is 9.91. The number of rotatable bonds is 4. The number of nitrogens with zero attached hydrogens (tertiary/aromatic N) is 1. The average Bonchev–Trinajstić information content (AvgIpc) is 2.53. The molecule has 23 heavy (non-hydrogen) atoms. The van der Waals surface area contributed by atoms with E-state index in [0.29, 0.717) is 0 Å². The van der Waals surface area contributed by atoms with Crippen molar-refractivity contribution in [3.63, 3.8) is 0 Å². The Kier molecular flexibility index (Phi) is 5.16. The molecule has 0 unspecified atom stereocenters. The molecular weight excluding hydrogens is 288 g/mol. The molecule has 120 valence electrons. The molecule has 0 spiro atoms. The van der Waals surface area contributed by atoms with Gasteiger partial charge in [-0.15, -0.1) is 0 Å². The number of pyridine rings is 1. The van der Waals surface area contributed by atoms with Crippen LogP contribution in [0.15, 0.2) is 48.7 Å². The molecule has 0 atom stereocenters. The van der Waals surface area contributed by atoms with Gasteiger partial charge in [-0.3, -0.25) is 9.78 Å². The van der Waals surface area contributed by atoms with Gasteiger partial charge >= 0.3 is 0 Å². The number of carbonyl (C=O) groups is 1. The molecule has 1 N–H and O–H groups in total. The zero-order valence-corrected chi connectivity index (χ0v) is 14.0. The van der Waals surface area contributed by atoms with Gasteiger partial charge in [0.05, 0.1) is 7.11 Å². The number of methoxy groups -OCH3 is 1. The van der Waals surface area contributed by atoms with Gasteiger partial charge < -0.3 is 10.1 Å². The first-order chi connectivity index (χ1) is 10.9. The number of carbonyl (C=O) groups excluding carboxylic acids is 1. The molecule has 0 aliphatic carbocycles. The fourth-order valence-electron chi connectivity index (χ4n) is 1.99. The van der Waals surface area contributed by atoms with Crippen molar-refractivity contribution >= 4 is 17.7 Å². The van der Waals surface area contributed by atoms with Crippen molar-refractivity contribution in [1.29, 1.82) is 0 Å². The predicted molar refractivity (Wildman–Crippen MR) is 93.6 cm³/mol. The van der Waals surface area contributed by atoms with Gasteiger partial charge in [0.15, 0.2) is 0 Å². The maximum absolute atomic E-state index is 12.0. The number of anilines is 1. The summed E-state index contributed by atoms with van der Waals surface area (Å²) in [6, 6.07) is 11.2. The van der Waals surface area contributed by atoms with Crippen molar-refractivity contribution < 1.29 is 9.53 Å². The van der Waals surface area contributed by atoms with Crippen molar-refractivity contribution in [1.82, 2.24) is 4.98 Å². The summed E-state index contributed by atoms with van der Waals surface area (Å²) in [6.45, 7) is 6.26.